The maximum absolute atomic E-state index is 12.3. The van der Waals surface area contributed by atoms with Crippen molar-refractivity contribution in [2.45, 2.75) is 38.2 Å². The van der Waals surface area contributed by atoms with Gasteiger partial charge in [-0.15, -0.1) is 0 Å². The number of hydrogen-bond acceptors (Lipinski definition) is 9. The molecule has 31 heavy (non-hydrogen) atoms. The predicted molar refractivity (Wildman–Crippen MR) is 108 cm³/mol. The summed E-state index contributed by atoms with van der Waals surface area (Å²) in [5.41, 5.74) is 2.81. The first-order chi connectivity index (χ1) is 14.4. The summed E-state index contributed by atoms with van der Waals surface area (Å²) in [4.78, 5) is 46.8. The largest absolute Gasteiger partial charge is 0.469 e. The topological polar surface area (TPSA) is 201 Å². The van der Waals surface area contributed by atoms with Gasteiger partial charge in [0.2, 0.25) is 0 Å². The number of aliphatic imine (C=N–C) groups is 1. The highest BCUT2D eigenvalue weighted by Crippen LogP contribution is 2.37. The standard InChI is InChI=1S/C17H23N4O9P/c1-7-3-9-10(4-8(7)2)21(15-13(18-9)16(25)20-17(26)19-15)5-11(22)14(24)12(23)6-30-31(27,28)29/h3-4,11-14,18,22-24H,5-6H2,1-2H3,(H,20,25,26)(H2,27,28,29)/t11-,12+,13?,14-/m0/s1. The number of carbonyl (C=O) groups excluding carboxylic acids is 2. The zero-order valence-electron chi connectivity index (χ0n) is 16.6. The Morgan fingerprint density at radius 3 is 2.45 bits per heavy atom. The molecule has 3 amide bonds. The number of benzene rings is 1. The van der Waals surface area contributed by atoms with Crippen LogP contribution in [-0.4, -0.2) is 80.4 Å². The smallest absolute Gasteiger partial charge is 0.388 e. The van der Waals surface area contributed by atoms with Crippen LogP contribution in [0.3, 0.4) is 0 Å². The number of imide groups is 1. The minimum absolute atomic E-state index is 0.00305. The third kappa shape index (κ3) is 5.10. The Bertz CT molecular complexity index is 979. The maximum Gasteiger partial charge on any atom is 0.469 e. The van der Waals surface area contributed by atoms with Gasteiger partial charge in [0, 0.05) is 0 Å². The lowest BCUT2D eigenvalue weighted by molar-refractivity contribution is -0.119. The Morgan fingerprint density at radius 2 is 1.81 bits per heavy atom. The second-order valence-electron chi connectivity index (χ2n) is 7.32. The van der Waals surface area contributed by atoms with E-state index in [1.54, 1.807) is 12.1 Å². The van der Waals surface area contributed by atoms with Crippen molar-refractivity contribution in [1.82, 2.24) is 5.32 Å². The number of amides is 3. The van der Waals surface area contributed by atoms with Gasteiger partial charge >= 0.3 is 13.9 Å². The molecule has 0 radical (unpaired) electrons. The molecule has 0 saturated carbocycles. The Balaban J connectivity index is 1.90. The number of anilines is 2. The van der Waals surface area contributed by atoms with E-state index >= 15 is 0 Å². The minimum Gasteiger partial charge on any atom is -0.388 e. The van der Waals surface area contributed by atoms with Crippen LogP contribution in [0.4, 0.5) is 16.2 Å². The summed E-state index contributed by atoms with van der Waals surface area (Å²) in [6.45, 7) is 2.39. The van der Waals surface area contributed by atoms with E-state index in [0.717, 1.165) is 11.1 Å². The van der Waals surface area contributed by atoms with E-state index in [1.807, 2.05) is 13.8 Å². The Hall–Kier alpha value is -2.38. The van der Waals surface area contributed by atoms with Crippen LogP contribution < -0.4 is 15.5 Å². The number of nitrogens with zero attached hydrogens (tertiary/aromatic N) is 2. The highest BCUT2D eigenvalue weighted by molar-refractivity contribution is 7.46. The number of carbonyl (C=O) groups is 2. The van der Waals surface area contributed by atoms with Crippen LogP contribution in [0.1, 0.15) is 11.1 Å². The lowest BCUT2D eigenvalue weighted by Gasteiger charge is -2.40. The minimum atomic E-state index is -4.88. The zero-order chi connectivity index (χ0) is 23.1. The van der Waals surface area contributed by atoms with E-state index in [1.165, 1.54) is 4.90 Å². The number of amidine groups is 1. The summed E-state index contributed by atoms with van der Waals surface area (Å²) in [5.74, 6) is -0.647. The van der Waals surface area contributed by atoms with Crippen LogP contribution in [0.25, 0.3) is 0 Å². The number of aliphatic hydroxyl groups is 3. The van der Waals surface area contributed by atoms with Gasteiger partial charge < -0.3 is 35.3 Å². The van der Waals surface area contributed by atoms with E-state index in [4.69, 9.17) is 9.79 Å². The van der Waals surface area contributed by atoms with Crippen molar-refractivity contribution in [3.63, 3.8) is 0 Å². The van der Waals surface area contributed by atoms with Crippen molar-refractivity contribution in [2.75, 3.05) is 23.4 Å². The molecule has 7 N–H and O–H groups in total. The van der Waals surface area contributed by atoms with Crippen LogP contribution >= 0.6 is 7.82 Å². The molecular weight excluding hydrogens is 435 g/mol. The van der Waals surface area contributed by atoms with Gasteiger partial charge in [-0.05, 0) is 37.1 Å². The van der Waals surface area contributed by atoms with Crippen molar-refractivity contribution in [3.05, 3.63) is 23.3 Å². The van der Waals surface area contributed by atoms with Crippen LogP contribution in [0.15, 0.2) is 17.1 Å². The van der Waals surface area contributed by atoms with Crippen LogP contribution in [0, 0.1) is 13.8 Å². The van der Waals surface area contributed by atoms with Crippen LogP contribution in [0.2, 0.25) is 0 Å². The van der Waals surface area contributed by atoms with E-state index in [2.05, 4.69) is 20.1 Å². The number of phosphoric ester groups is 1. The quantitative estimate of drug-likeness (QED) is 0.241. The van der Waals surface area contributed by atoms with E-state index in [0.29, 0.717) is 11.4 Å². The zero-order valence-corrected chi connectivity index (χ0v) is 17.5. The second-order valence-corrected chi connectivity index (χ2v) is 8.56. The summed E-state index contributed by atoms with van der Waals surface area (Å²) in [6.07, 6.45) is -5.34. The monoisotopic (exact) mass is 458 g/mol. The van der Waals surface area contributed by atoms with E-state index in [-0.39, 0.29) is 12.4 Å². The van der Waals surface area contributed by atoms with Crippen molar-refractivity contribution < 1.29 is 43.8 Å². The molecular formula is C17H23N4O9P. The summed E-state index contributed by atoms with van der Waals surface area (Å²) in [7, 11) is -4.88. The number of phosphoric acid groups is 1. The van der Waals surface area contributed by atoms with Gasteiger partial charge in [-0.25, -0.2) is 9.36 Å². The summed E-state index contributed by atoms with van der Waals surface area (Å²) >= 11 is 0. The molecule has 0 aliphatic carbocycles. The first-order valence-electron chi connectivity index (χ1n) is 9.20. The molecule has 0 fully saturated rings. The molecule has 2 aliphatic heterocycles. The van der Waals surface area contributed by atoms with Gasteiger partial charge in [0.25, 0.3) is 5.91 Å². The molecule has 14 heteroatoms. The normalized spacial score (nSPS) is 21.3. The number of hydrogen-bond donors (Lipinski definition) is 7. The van der Waals surface area contributed by atoms with Gasteiger partial charge in [-0.2, -0.15) is 4.99 Å². The Kier molecular flexibility index (Phi) is 6.48. The van der Waals surface area contributed by atoms with E-state index < -0.39 is 50.7 Å². The average molecular weight is 458 g/mol. The van der Waals surface area contributed by atoms with Crippen molar-refractivity contribution in [2.24, 2.45) is 4.99 Å². The highest BCUT2D eigenvalue weighted by atomic mass is 31.2. The molecule has 2 heterocycles. The van der Waals surface area contributed by atoms with E-state index in [9.17, 15) is 29.5 Å². The maximum atomic E-state index is 12.3. The lowest BCUT2D eigenvalue weighted by Crippen LogP contribution is -2.60. The predicted octanol–water partition coefficient (Wildman–Crippen LogP) is -1.26. The first-order valence-corrected chi connectivity index (χ1v) is 10.7. The van der Waals surface area contributed by atoms with Gasteiger partial charge in [-0.3, -0.25) is 14.6 Å². The molecule has 2 aliphatic rings. The van der Waals surface area contributed by atoms with Gasteiger partial charge in [-0.1, -0.05) is 0 Å². The fourth-order valence-electron chi connectivity index (χ4n) is 3.27. The van der Waals surface area contributed by atoms with Crippen LogP contribution in [-0.2, 0) is 13.9 Å². The highest BCUT2D eigenvalue weighted by Gasteiger charge is 2.41. The van der Waals surface area contributed by atoms with Crippen molar-refractivity contribution in [3.8, 4) is 0 Å². The van der Waals surface area contributed by atoms with Gasteiger partial charge in [0.15, 0.2) is 6.04 Å². The summed E-state index contributed by atoms with van der Waals surface area (Å²) in [5, 5.41) is 35.7. The van der Waals surface area contributed by atoms with Crippen LogP contribution in [0.5, 0.6) is 0 Å². The molecule has 1 aromatic rings. The van der Waals surface area contributed by atoms with Gasteiger partial charge in [0.1, 0.15) is 24.1 Å². The van der Waals surface area contributed by atoms with Gasteiger partial charge in [0.05, 0.1) is 24.5 Å². The SMILES string of the molecule is Cc1cc2c(cc1C)N(C[C@H](O)[C@H](O)[C@H](O)COP(=O)(O)O)C1=NC(=O)NC(=O)C1N2. The summed E-state index contributed by atoms with van der Waals surface area (Å²) < 4.78 is 14.9. The molecule has 4 atom stereocenters. The van der Waals surface area contributed by atoms with Crippen molar-refractivity contribution in [1.29, 1.82) is 0 Å². The molecule has 0 aromatic heterocycles. The number of nitrogens with one attached hydrogen (secondary N) is 2. The molecule has 1 aromatic carbocycles. The molecule has 0 bridgehead atoms. The summed E-state index contributed by atoms with van der Waals surface area (Å²) in [6, 6.07) is 1.61. The average Bonchev–Trinajstić information content (AvgIpc) is 2.67. The number of fused-ring (bicyclic) bond motifs is 2. The number of aryl methyl sites for hydroxylation is 2. The number of urea groups is 1. The second kappa shape index (κ2) is 8.63. The Morgan fingerprint density at radius 1 is 1.16 bits per heavy atom. The third-order valence-corrected chi connectivity index (χ3v) is 5.50. The first kappa shape index (κ1) is 23.3. The lowest BCUT2D eigenvalue weighted by atomic mass is 10.00. The molecule has 0 spiro atoms. The number of β-amino-alcohol motifs (C(OH)–C–C–N with tert-alkyl or cyclic N) is 1. The third-order valence-electron chi connectivity index (χ3n) is 5.02. The molecule has 0 saturated heterocycles. The van der Waals surface area contributed by atoms with Crippen molar-refractivity contribution >= 4 is 37.0 Å². The molecule has 1 unspecified atom stereocenters. The number of aliphatic hydroxyl groups excluding tert-OH is 3. The Labute approximate surface area is 176 Å². The fraction of sp³-hybridized carbons (Fsp3) is 0.471. The fourth-order valence-corrected chi connectivity index (χ4v) is 3.62. The number of rotatable bonds is 7. The molecule has 13 nitrogen and oxygen atoms in total. The molecule has 170 valence electrons. The molecule has 3 rings (SSSR count).